The van der Waals surface area contributed by atoms with Gasteiger partial charge in [-0.2, -0.15) is 0 Å². The molecule has 0 aromatic rings. The molecule has 0 rings (SSSR count). The lowest BCUT2D eigenvalue weighted by Gasteiger charge is -2.10. The van der Waals surface area contributed by atoms with Gasteiger partial charge in [0.05, 0.1) is 6.61 Å². The fourth-order valence-electron chi connectivity index (χ4n) is 1.24. The molecule has 7 heteroatoms. The van der Waals surface area contributed by atoms with Crippen molar-refractivity contribution in [3.05, 3.63) is 12.2 Å². The summed E-state index contributed by atoms with van der Waals surface area (Å²) in [4.78, 5) is 24.2. The molecule has 0 aliphatic heterocycles. The van der Waals surface area contributed by atoms with E-state index in [4.69, 9.17) is 0 Å². The van der Waals surface area contributed by atoms with Crippen molar-refractivity contribution in [1.82, 2.24) is 0 Å². The second-order valence-corrected chi connectivity index (χ2v) is 5.64. The number of phosphoric acid groups is 1. The fraction of sp³-hybridized carbons (Fsp3) is 0.750. The molecule has 0 aromatic heterocycles. The molecule has 0 aliphatic carbocycles. The molecule has 1 N–H and O–H groups in total. The molecule has 0 bridgehead atoms. The van der Waals surface area contributed by atoms with Gasteiger partial charge in [-0.3, -0.25) is 9.41 Å². The summed E-state index contributed by atoms with van der Waals surface area (Å²) in [6, 6.07) is 0. The van der Waals surface area contributed by atoms with Gasteiger partial charge in [0, 0.05) is 5.57 Å². The Kier molecular flexibility index (Phi) is 9.79. The van der Waals surface area contributed by atoms with E-state index in [1.807, 2.05) is 0 Å². The van der Waals surface area contributed by atoms with Crippen LogP contribution in [-0.2, 0) is 23.4 Å². The lowest BCUT2D eigenvalue weighted by Crippen LogP contribution is -2.06. The van der Waals surface area contributed by atoms with Crippen molar-refractivity contribution >= 4 is 13.8 Å². The minimum Gasteiger partial charge on any atom is -0.300 e. The van der Waals surface area contributed by atoms with Crippen LogP contribution in [0, 0.1) is 0 Å². The zero-order chi connectivity index (χ0) is 14.7. The van der Waals surface area contributed by atoms with Gasteiger partial charge in [-0.15, -0.1) is 0 Å². The number of hydrogen-bond acceptors (Lipinski definition) is 5. The maximum absolute atomic E-state index is 11.3. The number of carbonyl (C=O) groups excluding carboxylic acids is 1. The van der Waals surface area contributed by atoms with E-state index < -0.39 is 13.8 Å². The van der Waals surface area contributed by atoms with Gasteiger partial charge in [0.1, 0.15) is 0 Å². The van der Waals surface area contributed by atoms with Crippen LogP contribution >= 0.6 is 7.82 Å². The summed E-state index contributed by atoms with van der Waals surface area (Å²) in [5.41, 5.74) is 0.0657. The van der Waals surface area contributed by atoms with E-state index in [1.54, 1.807) is 0 Å². The average molecular weight is 294 g/mol. The Morgan fingerprint density at radius 3 is 2.37 bits per heavy atom. The van der Waals surface area contributed by atoms with E-state index in [9.17, 15) is 14.3 Å². The summed E-state index contributed by atoms with van der Waals surface area (Å²) in [6.07, 6.45) is 6.17. The van der Waals surface area contributed by atoms with Crippen LogP contribution in [0.15, 0.2) is 12.2 Å². The van der Waals surface area contributed by atoms with E-state index in [1.165, 1.54) is 19.8 Å². The maximum atomic E-state index is 11.3. The zero-order valence-corrected chi connectivity index (χ0v) is 12.5. The molecular weight excluding hydrogens is 271 g/mol. The summed E-state index contributed by atoms with van der Waals surface area (Å²) >= 11 is 0. The van der Waals surface area contributed by atoms with E-state index in [2.05, 4.69) is 27.6 Å². The van der Waals surface area contributed by atoms with Crippen LogP contribution in [0.2, 0.25) is 0 Å². The second-order valence-electron chi connectivity index (χ2n) is 4.30. The van der Waals surface area contributed by atoms with Crippen LogP contribution in [0.3, 0.4) is 0 Å². The normalized spacial score (nSPS) is 13.8. The third-order valence-electron chi connectivity index (χ3n) is 2.31. The number of unbranched alkanes of at least 4 members (excludes halogenated alkanes) is 5. The van der Waals surface area contributed by atoms with Crippen LogP contribution in [-0.4, -0.2) is 17.5 Å². The van der Waals surface area contributed by atoms with Gasteiger partial charge in [-0.1, -0.05) is 50.3 Å². The van der Waals surface area contributed by atoms with E-state index in [0.29, 0.717) is 6.42 Å². The summed E-state index contributed by atoms with van der Waals surface area (Å²) in [5.74, 6) is -0.905. The van der Waals surface area contributed by atoms with Crippen molar-refractivity contribution in [2.45, 2.75) is 52.4 Å². The van der Waals surface area contributed by atoms with Crippen molar-refractivity contribution in [3.63, 3.8) is 0 Å². The summed E-state index contributed by atoms with van der Waals surface area (Å²) in [5, 5.41) is 0. The Morgan fingerprint density at radius 2 is 1.79 bits per heavy atom. The van der Waals surface area contributed by atoms with Crippen molar-refractivity contribution in [1.29, 1.82) is 0 Å². The molecule has 1 unspecified atom stereocenters. The highest BCUT2D eigenvalue weighted by Gasteiger charge is 2.24. The molecule has 0 radical (unpaired) electrons. The molecule has 1 atom stereocenters. The predicted molar refractivity (Wildman–Crippen MR) is 71.1 cm³/mol. The highest BCUT2D eigenvalue weighted by atomic mass is 31.2. The molecule has 0 saturated heterocycles. The van der Waals surface area contributed by atoms with Crippen LogP contribution in [0.25, 0.3) is 0 Å². The number of phosphoric ester groups is 1. The maximum Gasteiger partial charge on any atom is 0.508 e. The summed E-state index contributed by atoms with van der Waals surface area (Å²) in [6.45, 7) is 6.92. The Hall–Kier alpha value is -0.680. The van der Waals surface area contributed by atoms with Crippen molar-refractivity contribution in [2.24, 2.45) is 0 Å². The molecule has 0 spiro atoms. The van der Waals surface area contributed by atoms with Gasteiger partial charge in [0.25, 0.3) is 0 Å². The smallest absolute Gasteiger partial charge is 0.300 e. The Bertz CT molecular complexity index is 328. The summed E-state index contributed by atoms with van der Waals surface area (Å²) < 4.78 is 20.0. The van der Waals surface area contributed by atoms with Gasteiger partial charge < -0.3 is 4.89 Å². The van der Waals surface area contributed by atoms with Gasteiger partial charge >= 0.3 is 13.8 Å². The molecule has 0 heterocycles. The lowest BCUT2D eigenvalue weighted by molar-refractivity contribution is -0.218. The molecular formula is C12H23O6P. The highest BCUT2D eigenvalue weighted by molar-refractivity contribution is 7.47. The van der Waals surface area contributed by atoms with Crippen LogP contribution in [0.5, 0.6) is 0 Å². The van der Waals surface area contributed by atoms with E-state index in [-0.39, 0.29) is 12.2 Å². The Labute approximate surface area is 114 Å². The third-order valence-corrected chi connectivity index (χ3v) is 3.08. The lowest BCUT2D eigenvalue weighted by atomic mass is 10.1. The van der Waals surface area contributed by atoms with Gasteiger partial charge in [-0.05, 0) is 13.3 Å². The highest BCUT2D eigenvalue weighted by Crippen LogP contribution is 2.43. The first-order valence-corrected chi connectivity index (χ1v) is 7.92. The average Bonchev–Trinajstić information content (AvgIpc) is 2.34. The molecule has 0 fully saturated rings. The minimum atomic E-state index is -4.33. The number of hydrogen-bond donors (Lipinski definition) is 1. The Morgan fingerprint density at radius 1 is 1.21 bits per heavy atom. The fourth-order valence-corrected chi connectivity index (χ4v) is 1.80. The monoisotopic (exact) mass is 294 g/mol. The quantitative estimate of drug-likeness (QED) is 0.206. The topological polar surface area (TPSA) is 82.1 Å². The molecule has 0 aromatic carbocycles. The van der Waals surface area contributed by atoms with Gasteiger partial charge in [0.2, 0.25) is 0 Å². The molecule has 6 nitrogen and oxygen atoms in total. The first-order chi connectivity index (χ1) is 8.89. The molecule has 0 saturated carbocycles. The van der Waals surface area contributed by atoms with Gasteiger partial charge in [0.15, 0.2) is 0 Å². The van der Waals surface area contributed by atoms with Crippen molar-refractivity contribution in [2.75, 3.05) is 6.61 Å². The van der Waals surface area contributed by atoms with Crippen molar-refractivity contribution < 1.29 is 28.3 Å². The molecule has 112 valence electrons. The van der Waals surface area contributed by atoms with Crippen LogP contribution in [0.4, 0.5) is 0 Å². The van der Waals surface area contributed by atoms with Gasteiger partial charge in [-0.25, -0.2) is 9.36 Å². The molecule has 0 aliphatic rings. The first kappa shape index (κ1) is 18.3. The van der Waals surface area contributed by atoms with Crippen LogP contribution in [0.1, 0.15) is 52.4 Å². The number of carbonyl (C=O) groups is 1. The van der Waals surface area contributed by atoms with E-state index >= 15 is 0 Å². The SMILES string of the molecule is C=C(C)C(=O)OOP(=O)(O)OCCCCCCCC. The first-order valence-electron chi connectivity index (χ1n) is 6.42. The van der Waals surface area contributed by atoms with Crippen molar-refractivity contribution in [3.8, 4) is 0 Å². The molecule has 0 amide bonds. The second kappa shape index (κ2) is 10.1. The number of rotatable bonds is 11. The Balaban J connectivity index is 3.65. The largest absolute Gasteiger partial charge is 0.508 e. The third kappa shape index (κ3) is 10.9. The predicted octanol–water partition coefficient (Wildman–Crippen LogP) is 3.51. The minimum absolute atomic E-state index is 0.0657. The van der Waals surface area contributed by atoms with E-state index in [0.717, 1.165) is 19.3 Å². The van der Waals surface area contributed by atoms with Crippen LogP contribution < -0.4 is 0 Å². The molecule has 19 heavy (non-hydrogen) atoms. The summed E-state index contributed by atoms with van der Waals surface area (Å²) in [7, 11) is -4.33. The zero-order valence-electron chi connectivity index (χ0n) is 11.6. The standard InChI is InChI=1S/C12H23O6P/c1-4-5-6-7-8-9-10-16-19(14,15)18-17-12(13)11(2)3/h2,4-10H2,1,3H3,(H,14,15).